The second-order valence-electron chi connectivity index (χ2n) is 4.23. The molecule has 6 nitrogen and oxygen atoms in total. The van der Waals surface area contributed by atoms with Crippen molar-refractivity contribution in [1.82, 2.24) is 9.29 Å². The van der Waals surface area contributed by atoms with E-state index in [1.54, 1.807) is 6.07 Å². The molecule has 1 N–H and O–H groups in total. The van der Waals surface area contributed by atoms with Gasteiger partial charge in [0.05, 0.1) is 11.3 Å². The molecule has 1 aromatic heterocycles. The molecule has 0 saturated carbocycles. The van der Waals surface area contributed by atoms with E-state index in [9.17, 15) is 21.6 Å². The first-order valence-electron chi connectivity index (χ1n) is 5.70. The van der Waals surface area contributed by atoms with Crippen LogP contribution in [0.4, 0.5) is 19.0 Å². The van der Waals surface area contributed by atoms with Crippen LogP contribution in [0.3, 0.4) is 0 Å². The Labute approximate surface area is 120 Å². The molecular formula is C11H13F3N4O2S. The van der Waals surface area contributed by atoms with E-state index >= 15 is 0 Å². The zero-order valence-corrected chi connectivity index (χ0v) is 12.1. The van der Waals surface area contributed by atoms with Crippen LogP contribution in [-0.4, -0.2) is 44.1 Å². The molecule has 0 bridgehead atoms. The number of sulfonamides is 1. The van der Waals surface area contributed by atoms with Crippen LogP contribution in [0.2, 0.25) is 0 Å². The largest absolute Gasteiger partial charge is 0.433 e. The Balaban J connectivity index is 2.90. The predicted octanol–water partition coefficient (Wildman–Crippen LogP) is 1.28. The van der Waals surface area contributed by atoms with Crippen LogP contribution in [0, 0.1) is 11.3 Å². The zero-order valence-electron chi connectivity index (χ0n) is 11.3. The van der Waals surface area contributed by atoms with Crippen LogP contribution in [-0.2, 0) is 16.2 Å². The number of anilines is 1. The summed E-state index contributed by atoms with van der Waals surface area (Å²) in [6, 6.07) is 3.37. The van der Waals surface area contributed by atoms with Gasteiger partial charge in [0.2, 0.25) is 10.0 Å². The fraction of sp³-hybridized carbons (Fsp3) is 0.455. The number of alkyl halides is 3. The number of pyridine rings is 1. The number of hydrogen-bond donors (Lipinski definition) is 1. The SMILES string of the molecule is CN(C)S(=O)(=O)CCNc1nc(C(F)(F)F)ccc1C#N. The van der Waals surface area contributed by atoms with Crippen molar-refractivity contribution in [2.75, 3.05) is 31.7 Å². The molecule has 116 valence electrons. The van der Waals surface area contributed by atoms with Crippen LogP contribution >= 0.6 is 0 Å². The van der Waals surface area contributed by atoms with Crippen molar-refractivity contribution >= 4 is 15.8 Å². The van der Waals surface area contributed by atoms with Crippen molar-refractivity contribution in [3.8, 4) is 6.07 Å². The molecule has 1 rings (SSSR count). The number of aromatic nitrogens is 1. The fourth-order valence-corrected chi connectivity index (χ4v) is 2.05. The monoisotopic (exact) mass is 322 g/mol. The fourth-order valence-electron chi connectivity index (χ4n) is 1.32. The average molecular weight is 322 g/mol. The van der Waals surface area contributed by atoms with E-state index < -0.39 is 21.9 Å². The third kappa shape index (κ3) is 4.57. The molecular weight excluding hydrogens is 309 g/mol. The zero-order chi connectivity index (χ0) is 16.3. The summed E-state index contributed by atoms with van der Waals surface area (Å²) >= 11 is 0. The summed E-state index contributed by atoms with van der Waals surface area (Å²) in [6.45, 7) is -0.163. The number of hydrogen-bond acceptors (Lipinski definition) is 5. The van der Waals surface area contributed by atoms with Crippen molar-refractivity contribution in [2.24, 2.45) is 0 Å². The van der Waals surface area contributed by atoms with E-state index in [1.165, 1.54) is 14.1 Å². The number of halogens is 3. The normalized spacial score (nSPS) is 12.2. The van der Waals surface area contributed by atoms with Gasteiger partial charge in [0.15, 0.2) is 0 Å². The van der Waals surface area contributed by atoms with Crippen LogP contribution in [0.25, 0.3) is 0 Å². The van der Waals surface area contributed by atoms with Crippen molar-refractivity contribution in [3.05, 3.63) is 23.4 Å². The van der Waals surface area contributed by atoms with Crippen molar-refractivity contribution < 1.29 is 21.6 Å². The van der Waals surface area contributed by atoms with Gasteiger partial charge in [0.25, 0.3) is 0 Å². The number of nitriles is 1. The summed E-state index contributed by atoms with van der Waals surface area (Å²) in [4.78, 5) is 3.31. The van der Waals surface area contributed by atoms with E-state index in [2.05, 4.69) is 10.3 Å². The Bertz CT molecular complexity index is 650. The summed E-state index contributed by atoms with van der Waals surface area (Å²) in [5, 5.41) is 11.3. The third-order valence-corrected chi connectivity index (χ3v) is 4.35. The van der Waals surface area contributed by atoms with E-state index in [-0.39, 0.29) is 23.7 Å². The Morgan fingerprint density at radius 2 is 2.00 bits per heavy atom. The van der Waals surface area contributed by atoms with Crippen LogP contribution in [0.15, 0.2) is 12.1 Å². The molecule has 0 spiro atoms. The quantitative estimate of drug-likeness (QED) is 0.882. The molecule has 0 radical (unpaired) electrons. The van der Waals surface area contributed by atoms with Crippen molar-refractivity contribution in [2.45, 2.75) is 6.18 Å². The summed E-state index contributed by atoms with van der Waals surface area (Å²) in [5.41, 5.74) is -1.25. The highest BCUT2D eigenvalue weighted by atomic mass is 32.2. The lowest BCUT2D eigenvalue weighted by Gasteiger charge is -2.13. The van der Waals surface area contributed by atoms with Gasteiger partial charge in [0.1, 0.15) is 17.6 Å². The first-order valence-corrected chi connectivity index (χ1v) is 7.31. The van der Waals surface area contributed by atoms with Gasteiger partial charge in [-0.15, -0.1) is 0 Å². The first kappa shape index (κ1) is 17.2. The maximum Gasteiger partial charge on any atom is 0.433 e. The topological polar surface area (TPSA) is 86.1 Å². The number of nitrogens with one attached hydrogen (secondary N) is 1. The Kier molecular flexibility index (Phi) is 5.14. The van der Waals surface area contributed by atoms with E-state index in [4.69, 9.17) is 5.26 Å². The molecule has 1 aromatic rings. The maximum atomic E-state index is 12.5. The van der Waals surface area contributed by atoms with Crippen LogP contribution in [0.1, 0.15) is 11.3 Å². The Morgan fingerprint density at radius 3 is 2.48 bits per heavy atom. The lowest BCUT2D eigenvalue weighted by atomic mass is 10.2. The van der Waals surface area contributed by atoms with Crippen molar-refractivity contribution in [3.63, 3.8) is 0 Å². The molecule has 0 fully saturated rings. The van der Waals surface area contributed by atoms with Gasteiger partial charge >= 0.3 is 6.18 Å². The summed E-state index contributed by atoms with van der Waals surface area (Å²) < 4.78 is 61.7. The van der Waals surface area contributed by atoms with Crippen LogP contribution < -0.4 is 5.32 Å². The van der Waals surface area contributed by atoms with E-state index in [1.807, 2.05) is 0 Å². The van der Waals surface area contributed by atoms with Crippen molar-refractivity contribution in [1.29, 1.82) is 5.26 Å². The van der Waals surface area contributed by atoms with Gasteiger partial charge in [-0.25, -0.2) is 17.7 Å². The highest BCUT2D eigenvalue weighted by Crippen LogP contribution is 2.29. The van der Waals surface area contributed by atoms with Gasteiger partial charge in [-0.2, -0.15) is 18.4 Å². The van der Waals surface area contributed by atoms with Gasteiger partial charge in [-0.1, -0.05) is 0 Å². The molecule has 0 saturated heterocycles. The third-order valence-electron chi connectivity index (χ3n) is 2.51. The average Bonchev–Trinajstić information content (AvgIpc) is 2.37. The smallest absolute Gasteiger partial charge is 0.368 e. The predicted molar refractivity (Wildman–Crippen MR) is 69.9 cm³/mol. The Morgan fingerprint density at radius 1 is 1.38 bits per heavy atom. The first-order chi connectivity index (χ1) is 9.58. The number of rotatable bonds is 5. The highest BCUT2D eigenvalue weighted by Gasteiger charge is 2.33. The summed E-state index contributed by atoms with van der Waals surface area (Å²) in [6.07, 6.45) is -4.64. The molecule has 10 heteroatoms. The van der Waals surface area contributed by atoms with Gasteiger partial charge in [-0.3, -0.25) is 0 Å². The lowest BCUT2D eigenvalue weighted by Crippen LogP contribution is -2.28. The van der Waals surface area contributed by atoms with E-state index in [0.29, 0.717) is 6.07 Å². The minimum Gasteiger partial charge on any atom is -0.368 e. The molecule has 0 unspecified atom stereocenters. The Hall–Kier alpha value is -1.86. The molecule has 0 amide bonds. The molecule has 21 heavy (non-hydrogen) atoms. The minimum absolute atomic E-state index is 0.0924. The molecule has 0 aliphatic rings. The molecule has 0 aliphatic heterocycles. The molecule has 0 atom stereocenters. The molecule has 0 aliphatic carbocycles. The standard InChI is InChI=1S/C11H13F3N4O2S/c1-18(2)21(19,20)6-5-16-10-8(7-15)3-4-9(17-10)11(12,13)14/h3-4H,5-6H2,1-2H3,(H,16,17). The molecule has 0 aromatic carbocycles. The minimum atomic E-state index is -4.64. The van der Waals surface area contributed by atoms with Crippen LogP contribution in [0.5, 0.6) is 0 Å². The lowest BCUT2D eigenvalue weighted by molar-refractivity contribution is -0.141. The van der Waals surface area contributed by atoms with Gasteiger partial charge in [-0.05, 0) is 12.1 Å². The van der Waals surface area contributed by atoms with Gasteiger partial charge < -0.3 is 5.32 Å². The second-order valence-corrected chi connectivity index (χ2v) is 6.53. The number of nitrogens with zero attached hydrogens (tertiary/aromatic N) is 3. The maximum absolute atomic E-state index is 12.5. The molecule has 1 heterocycles. The second kappa shape index (κ2) is 6.28. The summed E-state index contributed by atoms with van der Waals surface area (Å²) in [5.74, 6) is -0.621. The highest BCUT2D eigenvalue weighted by molar-refractivity contribution is 7.89. The summed E-state index contributed by atoms with van der Waals surface area (Å²) in [7, 11) is -0.797. The van der Waals surface area contributed by atoms with Gasteiger partial charge in [0, 0.05) is 20.6 Å². The van der Waals surface area contributed by atoms with E-state index in [0.717, 1.165) is 10.4 Å².